The quantitative estimate of drug-likeness (QED) is 0.861. The van der Waals surface area contributed by atoms with Crippen molar-refractivity contribution in [3.8, 4) is 5.75 Å². The molecule has 2 rings (SSSR count). The summed E-state index contributed by atoms with van der Waals surface area (Å²) in [4.78, 5) is 25.5. The van der Waals surface area contributed by atoms with Crippen LogP contribution in [0, 0.1) is 0 Å². The summed E-state index contributed by atoms with van der Waals surface area (Å²) in [5.41, 5.74) is 0.901. The molecule has 1 aliphatic heterocycles. The lowest BCUT2D eigenvalue weighted by Crippen LogP contribution is -2.33. The molecule has 0 aliphatic carbocycles. The van der Waals surface area contributed by atoms with Crippen LogP contribution in [0.4, 0.5) is 0 Å². The number of methoxy groups -OCH3 is 1. The molecule has 0 spiro atoms. The Balaban J connectivity index is 1.70. The van der Waals surface area contributed by atoms with Gasteiger partial charge in [-0.2, -0.15) is 0 Å². The number of ether oxygens (including phenoxy) is 1. The summed E-state index contributed by atoms with van der Waals surface area (Å²) < 4.78 is 5.12. The van der Waals surface area contributed by atoms with Crippen molar-refractivity contribution in [1.82, 2.24) is 10.2 Å². The van der Waals surface area contributed by atoms with Gasteiger partial charge < -0.3 is 15.0 Å². The van der Waals surface area contributed by atoms with E-state index in [2.05, 4.69) is 5.32 Å². The van der Waals surface area contributed by atoms with Crippen molar-refractivity contribution in [3.63, 3.8) is 0 Å². The first kappa shape index (κ1) is 15.4. The maximum Gasteiger partial charge on any atom is 0.224 e. The molecule has 0 bridgehead atoms. The molecule has 1 saturated heterocycles. The highest BCUT2D eigenvalue weighted by Crippen LogP contribution is 2.13. The van der Waals surface area contributed by atoms with Gasteiger partial charge in [0, 0.05) is 26.1 Å². The van der Waals surface area contributed by atoms with E-state index in [1.807, 2.05) is 29.2 Å². The Morgan fingerprint density at radius 1 is 1.29 bits per heavy atom. The van der Waals surface area contributed by atoms with Crippen LogP contribution in [0.2, 0.25) is 0 Å². The zero-order valence-electron chi connectivity index (χ0n) is 12.4. The molecule has 2 amide bonds. The second kappa shape index (κ2) is 7.67. The number of rotatable bonds is 6. The first-order valence-corrected chi connectivity index (χ1v) is 7.36. The van der Waals surface area contributed by atoms with Crippen LogP contribution in [0.15, 0.2) is 24.3 Å². The molecule has 5 nitrogen and oxygen atoms in total. The summed E-state index contributed by atoms with van der Waals surface area (Å²) in [5, 5.41) is 2.80. The summed E-state index contributed by atoms with van der Waals surface area (Å²) in [6.07, 6.45) is 2.86. The monoisotopic (exact) mass is 290 g/mol. The van der Waals surface area contributed by atoms with Crippen molar-refractivity contribution in [3.05, 3.63) is 29.8 Å². The third-order valence-corrected chi connectivity index (χ3v) is 3.62. The molecule has 1 heterocycles. The highest BCUT2D eigenvalue weighted by atomic mass is 16.5. The Bertz CT molecular complexity index is 496. The van der Waals surface area contributed by atoms with Crippen LogP contribution in [0.1, 0.15) is 24.8 Å². The molecule has 0 aromatic heterocycles. The smallest absolute Gasteiger partial charge is 0.224 e. The highest BCUT2D eigenvalue weighted by Gasteiger charge is 2.17. The van der Waals surface area contributed by atoms with E-state index < -0.39 is 0 Å². The van der Waals surface area contributed by atoms with Crippen molar-refractivity contribution in [1.29, 1.82) is 0 Å². The summed E-state index contributed by atoms with van der Waals surface area (Å²) in [6, 6.07) is 7.43. The predicted octanol–water partition coefficient (Wildman–Crippen LogP) is 1.37. The Kier molecular flexibility index (Phi) is 5.60. The summed E-state index contributed by atoms with van der Waals surface area (Å²) in [7, 11) is 1.60. The first-order chi connectivity index (χ1) is 10.2. The molecule has 114 valence electrons. The van der Waals surface area contributed by atoms with Gasteiger partial charge in [-0.15, -0.1) is 0 Å². The molecule has 1 fully saturated rings. The number of nitrogens with one attached hydrogen (secondary N) is 1. The fourth-order valence-electron chi connectivity index (χ4n) is 2.46. The molecule has 1 N–H and O–H groups in total. The number of nitrogens with zero attached hydrogens (tertiary/aromatic N) is 1. The molecule has 5 heteroatoms. The van der Waals surface area contributed by atoms with E-state index in [-0.39, 0.29) is 11.8 Å². The second-order valence-electron chi connectivity index (χ2n) is 5.22. The van der Waals surface area contributed by atoms with Gasteiger partial charge in [0.1, 0.15) is 5.75 Å². The van der Waals surface area contributed by atoms with E-state index >= 15 is 0 Å². The van der Waals surface area contributed by atoms with Crippen LogP contribution in [0.25, 0.3) is 0 Å². The van der Waals surface area contributed by atoms with Gasteiger partial charge in [-0.1, -0.05) is 12.1 Å². The molecule has 1 aromatic carbocycles. The van der Waals surface area contributed by atoms with Gasteiger partial charge in [-0.25, -0.2) is 0 Å². The lowest BCUT2D eigenvalue weighted by atomic mass is 10.1. The molecular formula is C16H22N2O3. The highest BCUT2D eigenvalue weighted by molar-refractivity contribution is 5.80. The van der Waals surface area contributed by atoms with Crippen molar-refractivity contribution in [2.24, 2.45) is 0 Å². The van der Waals surface area contributed by atoms with Gasteiger partial charge in [0.15, 0.2) is 0 Å². The van der Waals surface area contributed by atoms with Crippen LogP contribution >= 0.6 is 0 Å². The third-order valence-electron chi connectivity index (χ3n) is 3.62. The molecule has 0 radical (unpaired) electrons. The Morgan fingerprint density at radius 2 is 2.05 bits per heavy atom. The average Bonchev–Trinajstić information content (AvgIpc) is 3.01. The average molecular weight is 290 g/mol. The Morgan fingerprint density at radius 3 is 2.76 bits per heavy atom. The minimum atomic E-state index is -0.0718. The maximum absolute atomic E-state index is 11.8. The summed E-state index contributed by atoms with van der Waals surface area (Å²) in [5.74, 6) is 0.802. The molecule has 0 unspecified atom stereocenters. The summed E-state index contributed by atoms with van der Waals surface area (Å²) >= 11 is 0. The summed E-state index contributed by atoms with van der Waals surface area (Å²) in [6.45, 7) is 2.12. The zero-order valence-corrected chi connectivity index (χ0v) is 12.4. The van der Waals surface area contributed by atoms with Gasteiger partial charge in [-0.05, 0) is 30.5 Å². The van der Waals surface area contributed by atoms with Crippen LogP contribution in [0.5, 0.6) is 5.75 Å². The lowest BCUT2D eigenvalue weighted by molar-refractivity contribution is -0.130. The van der Waals surface area contributed by atoms with E-state index in [0.29, 0.717) is 19.4 Å². The van der Waals surface area contributed by atoms with Crippen LogP contribution in [-0.2, 0) is 16.0 Å². The Hall–Kier alpha value is -2.04. The fraction of sp³-hybridized carbons (Fsp3) is 0.500. The number of carbonyl (C=O) groups excluding carboxylic acids is 2. The van der Waals surface area contributed by atoms with Crippen LogP contribution in [-0.4, -0.2) is 43.5 Å². The maximum atomic E-state index is 11.8. The lowest BCUT2D eigenvalue weighted by Gasteiger charge is -2.15. The molecule has 0 atom stereocenters. The predicted molar refractivity (Wildman–Crippen MR) is 80.1 cm³/mol. The molecular weight excluding hydrogens is 268 g/mol. The van der Waals surface area contributed by atoms with Crippen molar-refractivity contribution < 1.29 is 14.3 Å². The zero-order chi connectivity index (χ0) is 15.1. The van der Waals surface area contributed by atoms with E-state index in [1.165, 1.54) is 0 Å². The van der Waals surface area contributed by atoms with Crippen LogP contribution in [0.3, 0.4) is 0 Å². The van der Waals surface area contributed by atoms with Gasteiger partial charge in [0.05, 0.1) is 13.5 Å². The van der Waals surface area contributed by atoms with Gasteiger partial charge in [0.25, 0.3) is 0 Å². The van der Waals surface area contributed by atoms with Crippen molar-refractivity contribution in [2.75, 3.05) is 26.7 Å². The fourth-order valence-corrected chi connectivity index (χ4v) is 2.46. The van der Waals surface area contributed by atoms with E-state index in [9.17, 15) is 9.59 Å². The molecule has 1 aliphatic rings. The number of likely N-dealkylation sites (tertiary alicyclic amines) is 1. The third kappa shape index (κ3) is 4.77. The van der Waals surface area contributed by atoms with Gasteiger partial charge >= 0.3 is 0 Å². The number of hydrogen-bond donors (Lipinski definition) is 1. The van der Waals surface area contributed by atoms with Crippen molar-refractivity contribution >= 4 is 11.8 Å². The van der Waals surface area contributed by atoms with Crippen LogP contribution < -0.4 is 10.1 Å². The largest absolute Gasteiger partial charge is 0.497 e. The van der Waals surface area contributed by atoms with E-state index in [4.69, 9.17) is 4.74 Å². The second-order valence-corrected chi connectivity index (χ2v) is 5.22. The number of carbonyl (C=O) groups is 2. The minimum Gasteiger partial charge on any atom is -0.497 e. The normalized spacial score (nSPS) is 14.0. The molecule has 21 heavy (non-hydrogen) atoms. The minimum absolute atomic E-state index is 0.0718. The molecule has 0 saturated carbocycles. The van der Waals surface area contributed by atoms with Crippen molar-refractivity contribution in [2.45, 2.75) is 25.7 Å². The van der Waals surface area contributed by atoms with Gasteiger partial charge in [0.2, 0.25) is 11.8 Å². The number of hydrogen-bond acceptors (Lipinski definition) is 3. The Labute approximate surface area is 125 Å². The van der Waals surface area contributed by atoms with E-state index in [1.54, 1.807) is 7.11 Å². The van der Waals surface area contributed by atoms with Gasteiger partial charge in [-0.3, -0.25) is 9.59 Å². The number of amides is 2. The standard InChI is InChI=1S/C16H22N2O3/c1-21-14-6-4-5-13(11-14)12-15(19)17-8-7-16(20)18-9-2-3-10-18/h4-6,11H,2-3,7-10,12H2,1H3,(H,17,19). The number of benzene rings is 1. The molecule has 1 aromatic rings. The van der Waals surface area contributed by atoms with E-state index in [0.717, 1.165) is 37.2 Å². The topological polar surface area (TPSA) is 58.6 Å². The SMILES string of the molecule is COc1cccc(CC(=O)NCCC(=O)N2CCCC2)c1. The first-order valence-electron chi connectivity index (χ1n) is 7.36.